The second-order valence-corrected chi connectivity index (χ2v) is 4.64. The molecule has 0 radical (unpaired) electrons. The van der Waals surface area contributed by atoms with Crippen molar-refractivity contribution in [3.05, 3.63) is 23.5 Å². The minimum Gasteiger partial charge on any atom is -0.480 e. The molecule has 2 heterocycles. The number of carbonyl (C=O) groups excluding carboxylic acids is 1. The zero-order valence-corrected chi connectivity index (χ0v) is 11.4. The molecule has 108 valence electrons. The van der Waals surface area contributed by atoms with Crippen LogP contribution in [0.5, 0.6) is 0 Å². The Hall–Kier alpha value is -2.15. The number of morpholine rings is 1. The summed E-state index contributed by atoms with van der Waals surface area (Å²) in [5.74, 6) is -1.07. The number of hydrogen-bond donors (Lipinski definition) is 2. The van der Waals surface area contributed by atoms with Crippen LogP contribution in [0.15, 0.2) is 12.1 Å². The molecule has 0 aliphatic carbocycles. The van der Waals surface area contributed by atoms with Crippen LogP contribution in [0.2, 0.25) is 0 Å². The first-order valence-electron chi connectivity index (χ1n) is 6.31. The average molecular weight is 279 g/mol. The second-order valence-electron chi connectivity index (χ2n) is 4.64. The van der Waals surface area contributed by atoms with Gasteiger partial charge in [0.05, 0.1) is 24.6 Å². The molecular weight excluding hydrogens is 262 g/mol. The van der Waals surface area contributed by atoms with Gasteiger partial charge < -0.3 is 20.1 Å². The summed E-state index contributed by atoms with van der Waals surface area (Å²) in [6.45, 7) is 4.25. The molecule has 1 aliphatic rings. The highest BCUT2D eigenvalue weighted by atomic mass is 16.5. The average Bonchev–Trinajstić information content (AvgIpc) is 2.41. The van der Waals surface area contributed by atoms with Crippen LogP contribution >= 0.6 is 0 Å². The number of rotatable bonds is 2. The molecule has 20 heavy (non-hydrogen) atoms. The van der Waals surface area contributed by atoms with Gasteiger partial charge in [0.2, 0.25) is 0 Å². The van der Waals surface area contributed by atoms with Gasteiger partial charge >= 0.3 is 12.0 Å². The van der Waals surface area contributed by atoms with Crippen molar-refractivity contribution in [1.82, 2.24) is 9.88 Å². The Morgan fingerprint density at radius 1 is 1.45 bits per heavy atom. The number of hydrogen-bond acceptors (Lipinski definition) is 4. The van der Waals surface area contributed by atoms with Crippen molar-refractivity contribution in [3.8, 4) is 0 Å². The zero-order valence-electron chi connectivity index (χ0n) is 11.4. The van der Waals surface area contributed by atoms with Gasteiger partial charge in [0.25, 0.3) is 0 Å². The highest BCUT2D eigenvalue weighted by Gasteiger charge is 2.32. The standard InChI is InChI=1S/C13H17N3O4/c1-8-3-4-10(9(2)14-8)15-13(19)16-5-6-20-7-11(16)12(17)18/h3-4,11H,5-7H2,1-2H3,(H,15,19)(H,17,18). The van der Waals surface area contributed by atoms with Gasteiger partial charge in [-0.05, 0) is 26.0 Å². The molecule has 1 fully saturated rings. The number of carbonyl (C=O) groups is 2. The fraction of sp³-hybridized carbons (Fsp3) is 0.462. The number of aryl methyl sites for hydroxylation is 2. The van der Waals surface area contributed by atoms with E-state index in [0.717, 1.165) is 5.69 Å². The molecule has 0 aromatic carbocycles. The fourth-order valence-corrected chi connectivity index (χ4v) is 2.06. The van der Waals surface area contributed by atoms with Crippen molar-refractivity contribution in [2.24, 2.45) is 0 Å². The number of aromatic nitrogens is 1. The molecule has 2 rings (SSSR count). The Kier molecular flexibility index (Phi) is 4.19. The molecule has 1 unspecified atom stereocenters. The van der Waals surface area contributed by atoms with Gasteiger partial charge in [-0.1, -0.05) is 0 Å². The van der Waals surface area contributed by atoms with Crippen LogP contribution < -0.4 is 5.32 Å². The van der Waals surface area contributed by atoms with Gasteiger partial charge in [0.1, 0.15) is 0 Å². The molecule has 1 aromatic rings. The normalized spacial score (nSPS) is 18.7. The van der Waals surface area contributed by atoms with E-state index in [2.05, 4.69) is 10.3 Å². The van der Waals surface area contributed by atoms with Crippen molar-refractivity contribution in [2.45, 2.75) is 19.9 Å². The first-order chi connectivity index (χ1) is 9.49. The van der Waals surface area contributed by atoms with Gasteiger partial charge in [0.15, 0.2) is 6.04 Å². The SMILES string of the molecule is Cc1ccc(NC(=O)N2CCOCC2C(=O)O)c(C)n1. The van der Waals surface area contributed by atoms with Crippen molar-refractivity contribution in [2.75, 3.05) is 25.1 Å². The summed E-state index contributed by atoms with van der Waals surface area (Å²) in [5, 5.41) is 11.8. The summed E-state index contributed by atoms with van der Waals surface area (Å²) in [7, 11) is 0. The summed E-state index contributed by atoms with van der Waals surface area (Å²) in [4.78, 5) is 28.8. The van der Waals surface area contributed by atoms with E-state index in [1.807, 2.05) is 6.92 Å². The first-order valence-corrected chi connectivity index (χ1v) is 6.31. The van der Waals surface area contributed by atoms with E-state index in [1.54, 1.807) is 19.1 Å². The minimum absolute atomic E-state index is 0.00782. The summed E-state index contributed by atoms with van der Waals surface area (Å²) in [6.07, 6.45) is 0. The lowest BCUT2D eigenvalue weighted by Crippen LogP contribution is -2.54. The predicted octanol–water partition coefficient (Wildman–Crippen LogP) is 1.02. The van der Waals surface area contributed by atoms with Gasteiger partial charge in [-0.2, -0.15) is 0 Å². The lowest BCUT2D eigenvalue weighted by molar-refractivity contribution is -0.147. The summed E-state index contributed by atoms with van der Waals surface area (Å²) >= 11 is 0. The number of urea groups is 1. The minimum atomic E-state index is -1.07. The van der Waals surface area contributed by atoms with E-state index in [9.17, 15) is 9.59 Å². The maximum atomic E-state index is 12.2. The fourth-order valence-electron chi connectivity index (χ4n) is 2.06. The Labute approximate surface area is 116 Å². The highest BCUT2D eigenvalue weighted by Crippen LogP contribution is 2.15. The molecule has 7 nitrogen and oxygen atoms in total. The molecule has 1 aromatic heterocycles. The van der Waals surface area contributed by atoms with E-state index >= 15 is 0 Å². The molecule has 2 N–H and O–H groups in total. The molecule has 0 spiro atoms. The quantitative estimate of drug-likeness (QED) is 0.843. The molecular formula is C13H17N3O4. The van der Waals surface area contributed by atoms with E-state index in [-0.39, 0.29) is 13.2 Å². The topological polar surface area (TPSA) is 91.8 Å². The van der Waals surface area contributed by atoms with Crippen molar-refractivity contribution in [3.63, 3.8) is 0 Å². The van der Waals surface area contributed by atoms with Crippen LogP contribution in [-0.4, -0.2) is 52.8 Å². The summed E-state index contributed by atoms with van der Waals surface area (Å²) < 4.78 is 5.10. The van der Waals surface area contributed by atoms with Crippen LogP contribution in [0.25, 0.3) is 0 Å². The third-order valence-electron chi connectivity index (χ3n) is 3.14. The van der Waals surface area contributed by atoms with Crippen molar-refractivity contribution < 1.29 is 19.4 Å². The predicted molar refractivity (Wildman–Crippen MR) is 71.7 cm³/mol. The van der Waals surface area contributed by atoms with Gasteiger partial charge in [-0.3, -0.25) is 4.98 Å². The van der Waals surface area contributed by atoms with Crippen LogP contribution in [0.1, 0.15) is 11.4 Å². The molecule has 7 heteroatoms. The second kappa shape index (κ2) is 5.87. The van der Waals surface area contributed by atoms with Gasteiger partial charge in [-0.25, -0.2) is 9.59 Å². The number of amides is 2. The number of nitrogens with zero attached hydrogens (tertiary/aromatic N) is 2. The van der Waals surface area contributed by atoms with Crippen LogP contribution in [0.3, 0.4) is 0 Å². The van der Waals surface area contributed by atoms with Gasteiger partial charge in [-0.15, -0.1) is 0 Å². The van der Waals surface area contributed by atoms with E-state index in [4.69, 9.17) is 9.84 Å². The lowest BCUT2D eigenvalue weighted by Gasteiger charge is -2.32. The number of ether oxygens (including phenoxy) is 1. The molecule has 1 saturated heterocycles. The lowest BCUT2D eigenvalue weighted by atomic mass is 10.2. The smallest absolute Gasteiger partial charge is 0.328 e. The Bertz CT molecular complexity index is 532. The third kappa shape index (κ3) is 3.05. The number of nitrogens with one attached hydrogen (secondary N) is 1. The van der Waals surface area contributed by atoms with E-state index < -0.39 is 18.0 Å². The number of aliphatic carboxylic acids is 1. The third-order valence-corrected chi connectivity index (χ3v) is 3.14. The van der Waals surface area contributed by atoms with E-state index in [0.29, 0.717) is 18.0 Å². The summed E-state index contributed by atoms with van der Waals surface area (Å²) in [5.41, 5.74) is 2.13. The molecule has 1 atom stereocenters. The molecule has 0 saturated carbocycles. The number of anilines is 1. The first kappa shape index (κ1) is 14.3. The highest BCUT2D eigenvalue weighted by molar-refractivity contribution is 5.92. The Balaban J connectivity index is 2.12. The van der Waals surface area contributed by atoms with Crippen LogP contribution in [0.4, 0.5) is 10.5 Å². The number of pyridine rings is 1. The van der Waals surface area contributed by atoms with E-state index in [1.165, 1.54) is 4.90 Å². The molecule has 0 bridgehead atoms. The molecule has 1 aliphatic heterocycles. The zero-order chi connectivity index (χ0) is 14.7. The monoisotopic (exact) mass is 279 g/mol. The molecule has 2 amide bonds. The van der Waals surface area contributed by atoms with Crippen molar-refractivity contribution in [1.29, 1.82) is 0 Å². The maximum Gasteiger partial charge on any atom is 0.328 e. The summed E-state index contributed by atoms with van der Waals surface area (Å²) in [6, 6.07) is 2.14. The Morgan fingerprint density at radius 3 is 2.85 bits per heavy atom. The Morgan fingerprint density at radius 2 is 2.20 bits per heavy atom. The van der Waals surface area contributed by atoms with Crippen LogP contribution in [-0.2, 0) is 9.53 Å². The van der Waals surface area contributed by atoms with Crippen molar-refractivity contribution >= 4 is 17.7 Å². The largest absolute Gasteiger partial charge is 0.480 e. The number of carboxylic acids is 1. The maximum absolute atomic E-state index is 12.2. The van der Waals surface area contributed by atoms with Gasteiger partial charge in [0, 0.05) is 12.2 Å². The number of carboxylic acid groups (broad SMARTS) is 1. The van der Waals surface area contributed by atoms with Crippen LogP contribution in [0, 0.1) is 13.8 Å².